The second kappa shape index (κ2) is 7.33. The van der Waals surface area contributed by atoms with Gasteiger partial charge in [-0.15, -0.1) is 11.3 Å². The van der Waals surface area contributed by atoms with Gasteiger partial charge in [0.15, 0.2) is 5.78 Å². The molecule has 0 amide bonds. The van der Waals surface area contributed by atoms with Crippen molar-refractivity contribution < 1.29 is 14.3 Å². The van der Waals surface area contributed by atoms with Crippen LogP contribution in [-0.2, 0) is 4.79 Å². The van der Waals surface area contributed by atoms with Gasteiger partial charge in [-0.2, -0.15) is 0 Å². The Kier molecular flexibility index (Phi) is 5.15. The highest BCUT2D eigenvalue weighted by Crippen LogP contribution is 2.34. The number of Topliss-reactive ketones (excluding diaryl/α,β-unsaturated/α-hetero) is 1. The summed E-state index contributed by atoms with van der Waals surface area (Å²) in [7, 11) is 0. The van der Waals surface area contributed by atoms with Gasteiger partial charge in [-0.1, -0.05) is 11.8 Å². The molecule has 3 aromatic rings. The summed E-state index contributed by atoms with van der Waals surface area (Å²) in [5, 5.41) is 1.80. The fraction of sp³-hybridized carbons (Fsp3) is 0.222. The van der Waals surface area contributed by atoms with E-state index >= 15 is 0 Å². The summed E-state index contributed by atoms with van der Waals surface area (Å²) in [4.78, 5) is 34.1. The molecule has 0 radical (unpaired) electrons. The van der Waals surface area contributed by atoms with Gasteiger partial charge >= 0.3 is 5.97 Å². The number of ether oxygens (including phenoxy) is 1. The van der Waals surface area contributed by atoms with Crippen molar-refractivity contribution in [2.75, 3.05) is 5.75 Å². The minimum absolute atomic E-state index is 0.0253. The molecule has 7 heteroatoms. The molecule has 0 aliphatic carbocycles. The van der Waals surface area contributed by atoms with Gasteiger partial charge in [-0.3, -0.25) is 9.59 Å². The zero-order valence-corrected chi connectivity index (χ0v) is 15.7. The Hall–Kier alpha value is -2.25. The Balaban J connectivity index is 1.67. The SMILES string of the molecule is CC(=O)c1ccc(OC(=O)CSc2ncnc3sc(C)c(C)c23)cc1. The van der Waals surface area contributed by atoms with E-state index in [1.807, 2.05) is 6.92 Å². The van der Waals surface area contributed by atoms with Crippen LogP contribution in [0.5, 0.6) is 5.75 Å². The van der Waals surface area contributed by atoms with Crippen LogP contribution in [0.1, 0.15) is 27.7 Å². The topological polar surface area (TPSA) is 69.2 Å². The number of carbonyl (C=O) groups excluding carboxylic acids is 2. The van der Waals surface area contributed by atoms with E-state index in [9.17, 15) is 9.59 Å². The number of nitrogens with zero attached hydrogens (tertiary/aromatic N) is 2. The summed E-state index contributed by atoms with van der Waals surface area (Å²) >= 11 is 2.96. The summed E-state index contributed by atoms with van der Waals surface area (Å²) in [5.74, 6) is 0.181. The van der Waals surface area contributed by atoms with Crippen LogP contribution in [0.3, 0.4) is 0 Å². The van der Waals surface area contributed by atoms with E-state index in [1.54, 1.807) is 35.6 Å². The van der Waals surface area contributed by atoms with Crippen molar-refractivity contribution in [2.45, 2.75) is 25.8 Å². The molecule has 0 aliphatic rings. The van der Waals surface area contributed by atoms with Crippen molar-refractivity contribution in [1.82, 2.24) is 9.97 Å². The molecule has 3 rings (SSSR count). The first-order valence-electron chi connectivity index (χ1n) is 7.61. The zero-order valence-electron chi connectivity index (χ0n) is 14.0. The monoisotopic (exact) mass is 372 g/mol. The number of carbonyl (C=O) groups is 2. The van der Waals surface area contributed by atoms with Gasteiger partial charge in [-0.25, -0.2) is 9.97 Å². The number of benzene rings is 1. The molecule has 0 aliphatic heterocycles. The normalized spacial score (nSPS) is 10.8. The number of esters is 1. The number of thiophene rings is 1. The minimum Gasteiger partial charge on any atom is -0.426 e. The van der Waals surface area contributed by atoms with Crippen LogP contribution in [0, 0.1) is 13.8 Å². The van der Waals surface area contributed by atoms with Gasteiger partial charge in [0.2, 0.25) is 0 Å². The molecule has 0 fully saturated rings. The van der Waals surface area contributed by atoms with Crippen LogP contribution in [0.15, 0.2) is 35.6 Å². The fourth-order valence-electron chi connectivity index (χ4n) is 2.31. The van der Waals surface area contributed by atoms with Gasteiger partial charge in [0.05, 0.1) is 5.75 Å². The van der Waals surface area contributed by atoms with Crippen molar-refractivity contribution in [3.05, 3.63) is 46.6 Å². The average molecular weight is 372 g/mol. The maximum atomic E-state index is 12.1. The van der Waals surface area contributed by atoms with Crippen LogP contribution in [-0.4, -0.2) is 27.5 Å². The van der Waals surface area contributed by atoms with E-state index in [2.05, 4.69) is 16.9 Å². The maximum Gasteiger partial charge on any atom is 0.321 e. The number of hydrogen-bond acceptors (Lipinski definition) is 7. The molecule has 0 unspecified atom stereocenters. The Bertz CT molecular complexity index is 949. The van der Waals surface area contributed by atoms with Crippen molar-refractivity contribution in [3.63, 3.8) is 0 Å². The summed E-state index contributed by atoms with van der Waals surface area (Å²) in [6, 6.07) is 6.52. The molecular weight excluding hydrogens is 356 g/mol. The lowest BCUT2D eigenvalue weighted by atomic mass is 10.1. The highest BCUT2D eigenvalue weighted by atomic mass is 32.2. The third-order valence-corrected chi connectivity index (χ3v) is 5.83. The first-order chi connectivity index (χ1) is 12.0. The molecule has 0 saturated heterocycles. The number of aromatic nitrogens is 2. The number of rotatable bonds is 5. The summed E-state index contributed by atoms with van der Waals surface area (Å²) < 4.78 is 5.31. The van der Waals surface area contributed by atoms with Crippen molar-refractivity contribution in [3.8, 4) is 5.75 Å². The largest absolute Gasteiger partial charge is 0.426 e. The smallest absolute Gasteiger partial charge is 0.321 e. The molecule has 2 aromatic heterocycles. The standard InChI is InChI=1S/C18H16N2O3S2/c1-10-12(3)25-18-16(10)17(19-9-20-18)24-8-15(22)23-14-6-4-13(5-7-14)11(2)21/h4-7,9H,8H2,1-3H3. The van der Waals surface area contributed by atoms with E-state index < -0.39 is 0 Å². The summed E-state index contributed by atoms with van der Waals surface area (Å²) in [6.45, 7) is 5.58. The van der Waals surface area contributed by atoms with Gasteiger partial charge in [0.25, 0.3) is 0 Å². The zero-order chi connectivity index (χ0) is 18.0. The molecule has 0 bridgehead atoms. The number of hydrogen-bond donors (Lipinski definition) is 0. The molecule has 25 heavy (non-hydrogen) atoms. The van der Waals surface area contributed by atoms with Crippen molar-refractivity contribution >= 4 is 45.1 Å². The molecular formula is C18H16N2O3S2. The highest BCUT2D eigenvalue weighted by Gasteiger charge is 2.14. The highest BCUT2D eigenvalue weighted by molar-refractivity contribution is 8.00. The van der Waals surface area contributed by atoms with Crippen LogP contribution in [0.2, 0.25) is 0 Å². The Labute approximate surface area is 153 Å². The minimum atomic E-state index is -0.364. The predicted octanol–water partition coefficient (Wildman–Crippen LogP) is 4.21. The Morgan fingerprint density at radius 2 is 1.88 bits per heavy atom. The predicted molar refractivity (Wildman–Crippen MR) is 99.7 cm³/mol. The van der Waals surface area contributed by atoms with Gasteiger partial charge < -0.3 is 4.74 Å². The molecule has 0 spiro atoms. The number of aryl methyl sites for hydroxylation is 2. The van der Waals surface area contributed by atoms with Gasteiger partial charge in [-0.05, 0) is 50.6 Å². The van der Waals surface area contributed by atoms with E-state index in [4.69, 9.17) is 4.74 Å². The molecule has 1 aromatic carbocycles. The van der Waals surface area contributed by atoms with E-state index in [0.29, 0.717) is 11.3 Å². The fourth-order valence-corrected chi connectivity index (χ4v) is 4.20. The molecule has 128 valence electrons. The van der Waals surface area contributed by atoms with Crippen LogP contribution >= 0.6 is 23.1 Å². The molecule has 0 N–H and O–H groups in total. The molecule has 0 atom stereocenters. The third-order valence-electron chi connectivity index (χ3n) is 3.75. The van der Waals surface area contributed by atoms with Gasteiger partial charge in [0, 0.05) is 15.8 Å². The van der Waals surface area contributed by atoms with E-state index in [1.165, 1.54) is 29.9 Å². The van der Waals surface area contributed by atoms with Crippen LogP contribution < -0.4 is 4.74 Å². The quantitative estimate of drug-likeness (QED) is 0.220. The second-order valence-electron chi connectivity index (χ2n) is 5.49. The summed E-state index contributed by atoms with van der Waals surface area (Å²) in [5.41, 5.74) is 1.73. The average Bonchev–Trinajstić information content (AvgIpc) is 2.88. The number of thioether (sulfide) groups is 1. The van der Waals surface area contributed by atoms with Gasteiger partial charge in [0.1, 0.15) is 21.9 Å². The van der Waals surface area contributed by atoms with E-state index in [-0.39, 0.29) is 17.5 Å². The lowest BCUT2D eigenvalue weighted by Crippen LogP contribution is -2.11. The second-order valence-corrected chi connectivity index (χ2v) is 7.65. The summed E-state index contributed by atoms with van der Waals surface area (Å²) in [6.07, 6.45) is 1.52. The first-order valence-corrected chi connectivity index (χ1v) is 9.41. The lowest BCUT2D eigenvalue weighted by molar-refractivity contribution is -0.131. The third kappa shape index (κ3) is 3.88. The van der Waals surface area contributed by atoms with Crippen molar-refractivity contribution in [1.29, 1.82) is 0 Å². The number of fused-ring (bicyclic) bond motifs is 1. The Morgan fingerprint density at radius 3 is 2.56 bits per heavy atom. The van der Waals surface area contributed by atoms with Crippen LogP contribution in [0.25, 0.3) is 10.2 Å². The van der Waals surface area contributed by atoms with E-state index in [0.717, 1.165) is 20.8 Å². The lowest BCUT2D eigenvalue weighted by Gasteiger charge is -2.05. The molecule has 2 heterocycles. The molecule has 0 saturated carbocycles. The number of ketones is 1. The first kappa shape index (κ1) is 17.6. The maximum absolute atomic E-state index is 12.1. The Morgan fingerprint density at radius 1 is 1.16 bits per heavy atom. The van der Waals surface area contributed by atoms with Crippen LogP contribution in [0.4, 0.5) is 0 Å². The van der Waals surface area contributed by atoms with Crippen molar-refractivity contribution in [2.24, 2.45) is 0 Å². The molecule has 5 nitrogen and oxygen atoms in total.